The van der Waals surface area contributed by atoms with Gasteiger partial charge in [0.15, 0.2) is 0 Å². The Balaban J connectivity index is 4.25. The first-order chi connectivity index (χ1) is 6.83. The number of nitrogens with one attached hydrogen (secondary N) is 1. The SMILES string of the molecule is CCNC(C)(COC(C)C(C)C)C(N)=O. The molecule has 0 aliphatic heterocycles. The maximum absolute atomic E-state index is 11.3. The molecule has 0 spiro atoms. The molecule has 0 aromatic rings. The van der Waals surface area contributed by atoms with Gasteiger partial charge in [0.05, 0.1) is 12.7 Å². The van der Waals surface area contributed by atoms with Gasteiger partial charge in [-0.05, 0) is 26.3 Å². The van der Waals surface area contributed by atoms with Crippen LogP contribution in [0.1, 0.15) is 34.6 Å². The summed E-state index contributed by atoms with van der Waals surface area (Å²) < 4.78 is 5.62. The number of nitrogens with two attached hydrogens (primary N) is 1. The van der Waals surface area contributed by atoms with Crippen LogP contribution in [-0.4, -0.2) is 30.7 Å². The van der Waals surface area contributed by atoms with E-state index in [1.807, 2.05) is 13.8 Å². The van der Waals surface area contributed by atoms with Crippen LogP contribution in [0.5, 0.6) is 0 Å². The minimum absolute atomic E-state index is 0.127. The number of rotatable bonds is 7. The Hall–Kier alpha value is -0.610. The van der Waals surface area contributed by atoms with Gasteiger partial charge in [0.25, 0.3) is 0 Å². The molecular weight excluding hydrogens is 192 g/mol. The summed E-state index contributed by atoms with van der Waals surface area (Å²) in [5, 5.41) is 3.05. The van der Waals surface area contributed by atoms with Gasteiger partial charge in [-0.15, -0.1) is 0 Å². The molecule has 0 aromatic carbocycles. The molecule has 0 radical (unpaired) electrons. The number of likely N-dealkylation sites (N-methyl/N-ethyl adjacent to an activating group) is 1. The lowest BCUT2D eigenvalue weighted by atomic mass is 10.0. The molecule has 0 rings (SSSR count). The molecule has 90 valence electrons. The first-order valence-corrected chi connectivity index (χ1v) is 5.50. The Morgan fingerprint density at radius 2 is 2.00 bits per heavy atom. The number of ether oxygens (including phenoxy) is 1. The van der Waals surface area contributed by atoms with Crippen LogP contribution in [0.3, 0.4) is 0 Å². The van der Waals surface area contributed by atoms with Crippen molar-refractivity contribution in [2.75, 3.05) is 13.2 Å². The topological polar surface area (TPSA) is 64.3 Å². The molecule has 2 unspecified atom stereocenters. The van der Waals surface area contributed by atoms with Crippen LogP contribution in [0, 0.1) is 5.92 Å². The van der Waals surface area contributed by atoms with Crippen LogP contribution >= 0.6 is 0 Å². The van der Waals surface area contributed by atoms with Crippen molar-refractivity contribution in [3.63, 3.8) is 0 Å². The fraction of sp³-hybridized carbons (Fsp3) is 0.909. The first kappa shape index (κ1) is 14.4. The molecule has 0 bridgehead atoms. The average Bonchev–Trinajstić information content (AvgIpc) is 2.14. The largest absolute Gasteiger partial charge is 0.376 e. The maximum atomic E-state index is 11.3. The lowest BCUT2D eigenvalue weighted by Gasteiger charge is -2.29. The Labute approximate surface area is 92.6 Å². The van der Waals surface area contributed by atoms with Crippen molar-refractivity contribution in [2.24, 2.45) is 11.7 Å². The highest BCUT2D eigenvalue weighted by Gasteiger charge is 2.31. The minimum Gasteiger partial charge on any atom is -0.376 e. The van der Waals surface area contributed by atoms with Crippen LogP contribution in [-0.2, 0) is 9.53 Å². The molecule has 1 amide bonds. The van der Waals surface area contributed by atoms with Crippen molar-refractivity contribution in [1.82, 2.24) is 5.32 Å². The molecule has 0 aliphatic rings. The highest BCUT2D eigenvalue weighted by Crippen LogP contribution is 2.10. The van der Waals surface area contributed by atoms with Crippen molar-refractivity contribution in [2.45, 2.75) is 46.3 Å². The third-order valence-electron chi connectivity index (χ3n) is 2.68. The van der Waals surface area contributed by atoms with Crippen molar-refractivity contribution >= 4 is 5.91 Å². The molecule has 0 heterocycles. The average molecular weight is 216 g/mol. The van der Waals surface area contributed by atoms with E-state index in [1.165, 1.54) is 0 Å². The smallest absolute Gasteiger partial charge is 0.239 e. The highest BCUT2D eigenvalue weighted by molar-refractivity contribution is 5.84. The Bertz CT molecular complexity index is 207. The molecule has 3 N–H and O–H groups in total. The molecule has 0 saturated carbocycles. The molecule has 0 aliphatic carbocycles. The normalized spacial score (nSPS) is 17.5. The summed E-state index contributed by atoms with van der Waals surface area (Å²) in [6.07, 6.45) is 0.127. The van der Waals surface area contributed by atoms with E-state index in [1.54, 1.807) is 6.92 Å². The van der Waals surface area contributed by atoms with Crippen LogP contribution < -0.4 is 11.1 Å². The van der Waals surface area contributed by atoms with Gasteiger partial charge in [-0.2, -0.15) is 0 Å². The van der Waals surface area contributed by atoms with E-state index in [2.05, 4.69) is 19.2 Å². The number of hydrogen-bond donors (Lipinski definition) is 2. The standard InChI is InChI=1S/C11H24N2O2/c1-6-13-11(5,10(12)14)7-15-9(4)8(2)3/h8-9,13H,6-7H2,1-5H3,(H2,12,14). The molecule has 15 heavy (non-hydrogen) atoms. The van der Waals surface area contributed by atoms with Crippen LogP contribution in [0.25, 0.3) is 0 Å². The second-order valence-corrected chi connectivity index (χ2v) is 4.49. The summed E-state index contributed by atoms with van der Waals surface area (Å²) in [4.78, 5) is 11.3. The molecule has 2 atom stereocenters. The zero-order valence-electron chi connectivity index (χ0n) is 10.5. The van der Waals surface area contributed by atoms with E-state index in [4.69, 9.17) is 10.5 Å². The third kappa shape index (κ3) is 4.62. The Morgan fingerprint density at radius 3 is 2.33 bits per heavy atom. The van der Waals surface area contributed by atoms with Crippen molar-refractivity contribution in [1.29, 1.82) is 0 Å². The predicted molar refractivity (Wildman–Crippen MR) is 61.5 cm³/mol. The van der Waals surface area contributed by atoms with E-state index < -0.39 is 5.54 Å². The maximum Gasteiger partial charge on any atom is 0.239 e. The first-order valence-electron chi connectivity index (χ1n) is 5.50. The second-order valence-electron chi connectivity index (χ2n) is 4.49. The lowest BCUT2D eigenvalue weighted by Crippen LogP contribution is -2.56. The van der Waals surface area contributed by atoms with Crippen molar-refractivity contribution < 1.29 is 9.53 Å². The summed E-state index contributed by atoms with van der Waals surface area (Å²) >= 11 is 0. The summed E-state index contributed by atoms with van der Waals surface area (Å²) in [6.45, 7) is 10.9. The van der Waals surface area contributed by atoms with E-state index in [0.29, 0.717) is 19.1 Å². The molecular formula is C11H24N2O2. The van der Waals surface area contributed by atoms with Gasteiger partial charge in [0.1, 0.15) is 5.54 Å². The van der Waals surface area contributed by atoms with Gasteiger partial charge < -0.3 is 15.8 Å². The molecule has 4 nitrogen and oxygen atoms in total. The molecule has 0 saturated heterocycles. The molecule has 0 fully saturated rings. The van der Waals surface area contributed by atoms with E-state index in [9.17, 15) is 4.79 Å². The Morgan fingerprint density at radius 1 is 1.47 bits per heavy atom. The quantitative estimate of drug-likeness (QED) is 0.664. The van der Waals surface area contributed by atoms with Crippen molar-refractivity contribution in [3.05, 3.63) is 0 Å². The third-order valence-corrected chi connectivity index (χ3v) is 2.68. The zero-order chi connectivity index (χ0) is 12.1. The lowest BCUT2D eigenvalue weighted by molar-refractivity contribution is -0.127. The molecule has 4 heteroatoms. The van der Waals surface area contributed by atoms with E-state index in [-0.39, 0.29) is 12.0 Å². The van der Waals surface area contributed by atoms with Crippen LogP contribution in [0.15, 0.2) is 0 Å². The molecule has 0 aromatic heterocycles. The van der Waals surface area contributed by atoms with Gasteiger partial charge >= 0.3 is 0 Å². The number of amides is 1. The number of carbonyl (C=O) groups is 1. The number of hydrogen-bond acceptors (Lipinski definition) is 3. The van der Waals surface area contributed by atoms with E-state index in [0.717, 1.165) is 0 Å². The monoisotopic (exact) mass is 216 g/mol. The minimum atomic E-state index is -0.766. The van der Waals surface area contributed by atoms with E-state index >= 15 is 0 Å². The summed E-state index contributed by atoms with van der Waals surface area (Å²) in [5.41, 5.74) is 4.57. The van der Waals surface area contributed by atoms with Crippen LogP contribution in [0.4, 0.5) is 0 Å². The summed E-state index contributed by atoms with van der Waals surface area (Å²) in [6, 6.07) is 0. The van der Waals surface area contributed by atoms with Gasteiger partial charge in [0, 0.05) is 0 Å². The van der Waals surface area contributed by atoms with Gasteiger partial charge in [-0.1, -0.05) is 20.8 Å². The van der Waals surface area contributed by atoms with Gasteiger partial charge in [-0.3, -0.25) is 4.79 Å². The Kier molecular flexibility index (Phi) is 5.83. The summed E-state index contributed by atoms with van der Waals surface area (Å²) in [7, 11) is 0. The van der Waals surface area contributed by atoms with Gasteiger partial charge in [-0.25, -0.2) is 0 Å². The summed E-state index contributed by atoms with van der Waals surface area (Å²) in [5.74, 6) is 0.0593. The zero-order valence-corrected chi connectivity index (χ0v) is 10.5. The predicted octanol–water partition coefficient (Wildman–Crippen LogP) is 0.901. The number of carbonyl (C=O) groups excluding carboxylic acids is 1. The second kappa shape index (κ2) is 6.08. The van der Waals surface area contributed by atoms with Gasteiger partial charge in [0.2, 0.25) is 5.91 Å². The van der Waals surface area contributed by atoms with Crippen molar-refractivity contribution in [3.8, 4) is 0 Å². The van der Waals surface area contributed by atoms with Crippen LogP contribution in [0.2, 0.25) is 0 Å². The fourth-order valence-corrected chi connectivity index (χ4v) is 1.09. The number of primary amides is 1. The highest BCUT2D eigenvalue weighted by atomic mass is 16.5. The fourth-order valence-electron chi connectivity index (χ4n) is 1.09.